The molecule has 1 fully saturated rings. The second kappa shape index (κ2) is 5.09. The number of hydrogen-bond donors (Lipinski definition) is 1. The molecule has 1 heterocycles. The van der Waals surface area contributed by atoms with E-state index in [4.69, 9.17) is 0 Å². The van der Waals surface area contributed by atoms with Gasteiger partial charge < -0.3 is 5.32 Å². The van der Waals surface area contributed by atoms with Gasteiger partial charge in [0.25, 0.3) is 0 Å². The summed E-state index contributed by atoms with van der Waals surface area (Å²) in [5.74, 6) is 0.253. The Labute approximate surface area is 86.7 Å². The molecule has 4 nitrogen and oxygen atoms in total. The summed E-state index contributed by atoms with van der Waals surface area (Å²) in [6.07, 6.45) is 2.95. The molecule has 0 spiro atoms. The van der Waals surface area contributed by atoms with Crippen LogP contribution in [0.2, 0.25) is 0 Å². The van der Waals surface area contributed by atoms with Crippen molar-refractivity contribution in [1.29, 1.82) is 0 Å². The number of hydrogen-bond acceptors (Lipinski definition) is 3. The van der Waals surface area contributed by atoms with Gasteiger partial charge in [-0.2, -0.15) is 0 Å². The lowest BCUT2D eigenvalue weighted by Crippen LogP contribution is -2.38. The third kappa shape index (κ3) is 3.22. The average molecular weight is 220 g/mol. The van der Waals surface area contributed by atoms with Gasteiger partial charge in [-0.15, -0.1) is 0 Å². The molecule has 14 heavy (non-hydrogen) atoms. The van der Waals surface area contributed by atoms with Gasteiger partial charge >= 0.3 is 0 Å². The minimum absolute atomic E-state index is 0.166. The highest BCUT2D eigenvalue weighted by molar-refractivity contribution is 7.89. The highest BCUT2D eigenvalue weighted by Gasteiger charge is 2.24. The lowest BCUT2D eigenvalue weighted by molar-refractivity contribution is 0.461. The molecule has 1 atom stereocenters. The second-order valence-corrected chi connectivity index (χ2v) is 6.01. The molecule has 0 aromatic heterocycles. The van der Waals surface area contributed by atoms with Crippen molar-refractivity contribution in [3.63, 3.8) is 0 Å². The Balaban J connectivity index is 2.47. The zero-order valence-electron chi connectivity index (χ0n) is 8.99. The van der Waals surface area contributed by atoms with Crippen LogP contribution >= 0.6 is 0 Å². The van der Waals surface area contributed by atoms with E-state index in [1.54, 1.807) is 7.05 Å². The first-order chi connectivity index (χ1) is 6.56. The first-order valence-corrected chi connectivity index (χ1v) is 6.84. The molecule has 0 saturated carbocycles. The van der Waals surface area contributed by atoms with E-state index in [9.17, 15) is 8.42 Å². The summed E-state index contributed by atoms with van der Waals surface area (Å²) in [4.78, 5) is 0. The maximum absolute atomic E-state index is 11.8. The van der Waals surface area contributed by atoms with Crippen LogP contribution < -0.4 is 5.32 Å². The lowest BCUT2D eigenvalue weighted by atomic mass is 10.3. The summed E-state index contributed by atoms with van der Waals surface area (Å²) in [6.45, 7) is 3.56. The fourth-order valence-corrected chi connectivity index (χ4v) is 3.24. The molecule has 0 amide bonds. The van der Waals surface area contributed by atoms with Crippen LogP contribution in [-0.2, 0) is 10.0 Å². The van der Waals surface area contributed by atoms with E-state index in [2.05, 4.69) is 5.32 Å². The summed E-state index contributed by atoms with van der Waals surface area (Å²) < 4.78 is 25.0. The van der Waals surface area contributed by atoms with Gasteiger partial charge in [0.05, 0.1) is 5.75 Å². The Morgan fingerprint density at radius 2 is 2.21 bits per heavy atom. The van der Waals surface area contributed by atoms with E-state index in [1.165, 1.54) is 4.31 Å². The largest absolute Gasteiger partial charge is 0.313 e. The van der Waals surface area contributed by atoms with E-state index in [1.807, 2.05) is 6.92 Å². The van der Waals surface area contributed by atoms with Crippen LogP contribution in [0.1, 0.15) is 26.2 Å². The molecular weight excluding hydrogens is 200 g/mol. The zero-order valence-corrected chi connectivity index (χ0v) is 9.81. The molecule has 1 aliphatic heterocycles. The van der Waals surface area contributed by atoms with Gasteiger partial charge in [-0.1, -0.05) is 6.92 Å². The van der Waals surface area contributed by atoms with E-state index in [0.29, 0.717) is 6.54 Å². The van der Waals surface area contributed by atoms with Gasteiger partial charge in [0.1, 0.15) is 0 Å². The minimum Gasteiger partial charge on any atom is -0.313 e. The SMILES string of the molecule is CCCN(C)S(=O)(=O)CC1CCCN1. The minimum atomic E-state index is -3.04. The molecule has 1 aliphatic rings. The normalized spacial score (nSPS) is 23.2. The highest BCUT2D eigenvalue weighted by atomic mass is 32.2. The van der Waals surface area contributed by atoms with Crippen LogP contribution in [0.5, 0.6) is 0 Å². The molecule has 0 aromatic rings. The average Bonchev–Trinajstić information content (AvgIpc) is 2.56. The highest BCUT2D eigenvalue weighted by Crippen LogP contribution is 2.10. The standard InChI is InChI=1S/C9H20N2O2S/c1-3-7-11(2)14(12,13)8-9-5-4-6-10-9/h9-10H,3-8H2,1-2H3. The van der Waals surface area contributed by atoms with Crippen molar-refractivity contribution < 1.29 is 8.42 Å². The molecule has 0 aromatic carbocycles. The van der Waals surface area contributed by atoms with Gasteiger partial charge in [0.15, 0.2) is 0 Å². The Hall–Kier alpha value is -0.130. The van der Waals surface area contributed by atoms with Crippen LogP contribution in [0.15, 0.2) is 0 Å². The third-order valence-electron chi connectivity index (χ3n) is 2.59. The van der Waals surface area contributed by atoms with Crippen molar-refractivity contribution >= 4 is 10.0 Å². The quantitative estimate of drug-likeness (QED) is 0.730. The Kier molecular flexibility index (Phi) is 4.34. The summed E-state index contributed by atoms with van der Waals surface area (Å²) >= 11 is 0. The maximum atomic E-state index is 11.8. The molecular formula is C9H20N2O2S. The predicted molar refractivity (Wildman–Crippen MR) is 57.7 cm³/mol. The first-order valence-electron chi connectivity index (χ1n) is 5.23. The van der Waals surface area contributed by atoms with Crippen molar-refractivity contribution in [3.05, 3.63) is 0 Å². The molecule has 1 rings (SSSR count). The van der Waals surface area contributed by atoms with E-state index in [0.717, 1.165) is 25.8 Å². The Bertz CT molecular complexity index is 258. The van der Waals surface area contributed by atoms with Crippen LogP contribution in [0, 0.1) is 0 Å². The Morgan fingerprint density at radius 3 is 2.71 bits per heavy atom. The van der Waals surface area contributed by atoms with Crippen LogP contribution in [0.4, 0.5) is 0 Å². The summed E-state index contributed by atoms with van der Waals surface area (Å²) in [6, 6.07) is 0.166. The molecule has 1 saturated heterocycles. The molecule has 1 N–H and O–H groups in total. The van der Waals surface area contributed by atoms with Crippen LogP contribution in [0.25, 0.3) is 0 Å². The summed E-state index contributed by atoms with van der Waals surface area (Å²) in [7, 11) is -1.37. The first kappa shape index (κ1) is 11.9. The summed E-state index contributed by atoms with van der Waals surface area (Å²) in [5.41, 5.74) is 0. The van der Waals surface area contributed by atoms with Crippen molar-refractivity contribution in [2.45, 2.75) is 32.2 Å². The van der Waals surface area contributed by atoms with Gasteiger partial charge in [0.2, 0.25) is 10.0 Å². The molecule has 0 aliphatic carbocycles. The lowest BCUT2D eigenvalue weighted by Gasteiger charge is -2.18. The monoisotopic (exact) mass is 220 g/mol. The van der Waals surface area contributed by atoms with Crippen molar-refractivity contribution in [2.24, 2.45) is 0 Å². The molecule has 0 bridgehead atoms. The number of rotatable bonds is 5. The molecule has 1 unspecified atom stereocenters. The van der Waals surface area contributed by atoms with Crippen molar-refractivity contribution in [1.82, 2.24) is 9.62 Å². The third-order valence-corrected chi connectivity index (χ3v) is 4.54. The topological polar surface area (TPSA) is 49.4 Å². The fraction of sp³-hybridized carbons (Fsp3) is 1.00. The maximum Gasteiger partial charge on any atom is 0.215 e. The van der Waals surface area contributed by atoms with E-state index in [-0.39, 0.29) is 11.8 Å². The van der Waals surface area contributed by atoms with Crippen molar-refractivity contribution in [2.75, 3.05) is 25.9 Å². The van der Waals surface area contributed by atoms with Gasteiger partial charge in [-0.25, -0.2) is 12.7 Å². The van der Waals surface area contributed by atoms with Crippen LogP contribution in [-0.4, -0.2) is 44.7 Å². The van der Waals surface area contributed by atoms with Crippen LogP contribution in [0.3, 0.4) is 0 Å². The second-order valence-electron chi connectivity index (χ2n) is 3.89. The van der Waals surface area contributed by atoms with E-state index >= 15 is 0 Å². The number of sulfonamides is 1. The smallest absolute Gasteiger partial charge is 0.215 e. The van der Waals surface area contributed by atoms with Gasteiger partial charge in [0, 0.05) is 19.6 Å². The van der Waals surface area contributed by atoms with E-state index < -0.39 is 10.0 Å². The Morgan fingerprint density at radius 1 is 1.50 bits per heavy atom. The number of nitrogens with zero attached hydrogens (tertiary/aromatic N) is 1. The van der Waals surface area contributed by atoms with Gasteiger partial charge in [-0.3, -0.25) is 0 Å². The number of nitrogens with one attached hydrogen (secondary N) is 1. The van der Waals surface area contributed by atoms with Crippen molar-refractivity contribution in [3.8, 4) is 0 Å². The molecule has 84 valence electrons. The fourth-order valence-electron chi connectivity index (χ4n) is 1.73. The molecule has 0 radical (unpaired) electrons. The summed E-state index contributed by atoms with van der Waals surface area (Å²) in [5, 5.41) is 3.20. The molecule has 5 heteroatoms. The van der Waals surface area contributed by atoms with Gasteiger partial charge in [-0.05, 0) is 25.8 Å². The predicted octanol–water partition coefficient (Wildman–Crippen LogP) is 0.410. The zero-order chi connectivity index (χ0) is 10.6.